The van der Waals surface area contributed by atoms with E-state index in [2.05, 4.69) is 44.2 Å². The number of nitrogens with one attached hydrogen (secondary N) is 2. The quantitative estimate of drug-likeness (QED) is 0.362. The normalized spacial score (nSPS) is 12.2. The summed E-state index contributed by atoms with van der Waals surface area (Å²) >= 11 is 0. The van der Waals surface area contributed by atoms with Crippen LogP contribution in [0, 0.1) is 35.6 Å². The van der Waals surface area contributed by atoms with Crippen LogP contribution in [0.25, 0.3) is 46.4 Å². The number of aromatic nitrogens is 4. The van der Waals surface area contributed by atoms with Crippen LogP contribution in [0.2, 0.25) is 0 Å². The Morgan fingerprint density at radius 3 is 1.04 bits per heavy atom. The molecule has 0 aromatic carbocycles. The van der Waals surface area contributed by atoms with E-state index in [0.29, 0.717) is 0 Å². The van der Waals surface area contributed by atoms with E-state index < -0.39 is 0 Å². The van der Waals surface area contributed by atoms with Crippen molar-refractivity contribution in [3.05, 3.63) is 71.3 Å². The van der Waals surface area contributed by atoms with Crippen molar-refractivity contribution in [2.24, 2.45) is 0 Å². The molecule has 1 radical (unpaired) electrons. The first-order valence-corrected chi connectivity index (χ1v) is 7.85. The number of fused-ring (bicyclic) bond motifs is 8. The molecule has 4 nitrogen and oxygen atoms in total. The second-order valence-corrected chi connectivity index (χ2v) is 5.91. The maximum atomic E-state index is 4.63. The predicted octanol–water partition coefficient (Wildman–Crippen LogP) is 4.66. The number of H-pyrrole nitrogens is 2. The van der Waals surface area contributed by atoms with E-state index in [1.165, 1.54) is 0 Å². The van der Waals surface area contributed by atoms with Gasteiger partial charge in [0.15, 0.2) is 0 Å². The van der Waals surface area contributed by atoms with E-state index in [9.17, 15) is 0 Å². The molecular weight excluding hydrogens is 435 g/mol. The van der Waals surface area contributed by atoms with E-state index in [4.69, 9.17) is 0 Å². The van der Waals surface area contributed by atoms with Crippen molar-refractivity contribution >= 4 is 46.4 Å². The summed E-state index contributed by atoms with van der Waals surface area (Å²) < 4.78 is 0. The Morgan fingerprint density at radius 2 is 0.760 bits per heavy atom. The summed E-state index contributed by atoms with van der Waals surface area (Å²) in [6, 6.07) is 16.4. The van der Waals surface area contributed by atoms with Crippen LogP contribution in [0.5, 0.6) is 0 Å². The molecule has 117 valence electrons. The molecule has 25 heavy (non-hydrogen) atoms. The standard InChI is InChI=1S/C20H14N4.La/c1-2-14-10-16-5-6-18(23-16)12-20-8-7-19(24-20)11-17-4-3-15(22-17)9-13(1)21-14;/h1-12,21,24H;. The van der Waals surface area contributed by atoms with Gasteiger partial charge in [0, 0.05) is 57.7 Å². The van der Waals surface area contributed by atoms with Gasteiger partial charge in [-0.15, -0.1) is 0 Å². The third-order valence-corrected chi connectivity index (χ3v) is 4.04. The number of hydrogen-bond donors (Lipinski definition) is 2. The maximum Gasteiger partial charge on any atom is 0.0658 e. The number of hydrogen-bond acceptors (Lipinski definition) is 2. The van der Waals surface area contributed by atoms with Crippen LogP contribution < -0.4 is 0 Å². The van der Waals surface area contributed by atoms with Gasteiger partial charge in [0.05, 0.1) is 22.8 Å². The van der Waals surface area contributed by atoms with Crippen LogP contribution in [0.1, 0.15) is 22.8 Å². The molecule has 0 atom stereocenters. The Bertz CT molecular complexity index is 990. The molecule has 3 aromatic heterocycles. The molecule has 0 unspecified atom stereocenters. The van der Waals surface area contributed by atoms with Gasteiger partial charge in [-0.05, 0) is 72.8 Å². The molecule has 2 aliphatic heterocycles. The molecule has 2 N–H and O–H groups in total. The van der Waals surface area contributed by atoms with Crippen LogP contribution >= 0.6 is 0 Å². The zero-order chi connectivity index (χ0) is 15.9. The van der Waals surface area contributed by atoms with Crippen LogP contribution in [0.4, 0.5) is 0 Å². The molecule has 2 aliphatic rings. The summed E-state index contributed by atoms with van der Waals surface area (Å²) in [6.45, 7) is 0. The van der Waals surface area contributed by atoms with Crippen LogP contribution in [-0.2, 0) is 0 Å². The number of aromatic amines is 2. The smallest absolute Gasteiger partial charge is 0.0658 e. The minimum atomic E-state index is 0. The Hall–Kier alpha value is -2.21. The summed E-state index contributed by atoms with van der Waals surface area (Å²) in [7, 11) is 0. The summed E-state index contributed by atoms with van der Waals surface area (Å²) in [5, 5.41) is 0. The molecule has 5 heterocycles. The Kier molecular flexibility index (Phi) is 4.29. The molecule has 5 heteroatoms. The molecule has 8 bridgehead atoms. The Labute approximate surface area is 172 Å². The number of nitrogens with zero attached hydrogens (tertiary/aromatic N) is 2. The van der Waals surface area contributed by atoms with Gasteiger partial charge in [-0.2, -0.15) is 0 Å². The topological polar surface area (TPSA) is 57.4 Å². The summed E-state index contributed by atoms with van der Waals surface area (Å²) in [6.07, 6.45) is 8.09. The molecule has 0 amide bonds. The zero-order valence-corrected chi connectivity index (χ0v) is 17.0. The van der Waals surface area contributed by atoms with Crippen LogP contribution in [0.15, 0.2) is 48.5 Å². The monoisotopic (exact) mass is 449 g/mol. The maximum absolute atomic E-state index is 4.63. The molecule has 3 aromatic rings. The van der Waals surface area contributed by atoms with E-state index >= 15 is 0 Å². The molecule has 0 aliphatic carbocycles. The van der Waals surface area contributed by atoms with Crippen molar-refractivity contribution < 1.29 is 35.6 Å². The van der Waals surface area contributed by atoms with Crippen molar-refractivity contribution in [1.29, 1.82) is 0 Å². The predicted molar refractivity (Wildman–Crippen MR) is 98.9 cm³/mol. The number of rotatable bonds is 0. The molecule has 0 spiro atoms. The van der Waals surface area contributed by atoms with Crippen molar-refractivity contribution in [3.8, 4) is 0 Å². The van der Waals surface area contributed by atoms with Crippen LogP contribution in [-0.4, -0.2) is 19.9 Å². The van der Waals surface area contributed by atoms with Gasteiger partial charge >= 0.3 is 0 Å². The van der Waals surface area contributed by atoms with E-state index in [1.807, 2.05) is 48.6 Å². The van der Waals surface area contributed by atoms with Gasteiger partial charge in [-0.1, -0.05) is 0 Å². The van der Waals surface area contributed by atoms with Gasteiger partial charge in [0.1, 0.15) is 0 Å². The van der Waals surface area contributed by atoms with Crippen molar-refractivity contribution in [2.45, 2.75) is 0 Å². The second kappa shape index (κ2) is 6.60. The molecule has 0 saturated heterocycles. The third kappa shape index (κ3) is 3.44. The fourth-order valence-corrected chi connectivity index (χ4v) is 2.94. The fraction of sp³-hybridized carbons (Fsp3) is 0. The minimum Gasteiger partial charge on any atom is -0.355 e. The Balaban J connectivity index is 0.00000157. The van der Waals surface area contributed by atoms with Crippen molar-refractivity contribution in [1.82, 2.24) is 19.9 Å². The fourth-order valence-electron chi connectivity index (χ4n) is 2.94. The first-order valence-electron chi connectivity index (χ1n) is 7.85. The molecule has 5 rings (SSSR count). The van der Waals surface area contributed by atoms with Gasteiger partial charge in [0.25, 0.3) is 0 Å². The summed E-state index contributed by atoms with van der Waals surface area (Å²) in [5.41, 5.74) is 7.86. The first-order chi connectivity index (χ1) is 11.8. The summed E-state index contributed by atoms with van der Waals surface area (Å²) in [4.78, 5) is 16.0. The first kappa shape index (κ1) is 16.3. The SMILES string of the molecule is C1=Cc2cc3ccc(cc4nc(cc5ccc(cc1n2)[nH]5)C=C4)[nH]3.[La]. The van der Waals surface area contributed by atoms with Crippen molar-refractivity contribution in [2.75, 3.05) is 0 Å². The van der Waals surface area contributed by atoms with E-state index in [1.54, 1.807) is 0 Å². The van der Waals surface area contributed by atoms with Gasteiger partial charge < -0.3 is 9.97 Å². The van der Waals surface area contributed by atoms with Gasteiger partial charge in [0.2, 0.25) is 0 Å². The molecular formula is C20H14LaN4. The average Bonchev–Trinajstić information content (AvgIpc) is 3.32. The second-order valence-electron chi connectivity index (χ2n) is 5.91. The summed E-state index contributed by atoms with van der Waals surface area (Å²) in [5.74, 6) is 0. The third-order valence-electron chi connectivity index (χ3n) is 4.04. The molecule has 0 saturated carbocycles. The largest absolute Gasteiger partial charge is 0.355 e. The Morgan fingerprint density at radius 1 is 0.480 bits per heavy atom. The van der Waals surface area contributed by atoms with Gasteiger partial charge in [-0.25, -0.2) is 9.97 Å². The van der Waals surface area contributed by atoms with Gasteiger partial charge in [-0.3, -0.25) is 0 Å². The van der Waals surface area contributed by atoms with Crippen LogP contribution in [0.3, 0.4) is 0 Å². The minimum absolute atomic E-state index is 0. The zero-order valence-electron chi connectivity index (χ0n) is 13.4. The van der Waals surface area contributed by atoms with Crippen molar-refractivity contribution in [3.63, 3.8) is 0 Å². The molecule has 0 fully saturated rings. The van der Waals surface area contributed by atoms with E-state index in [0.717, 1.165) is 44.8 Å². The average molecular weight is 449 g/mol. The van der Waals surface area contributed by atoms with E-state index in [-0.39, 0.29) is 35.6 Å².